The van der Waals surface area contributed by atoms with Crippen LogP contribution in [0.3, 0.4) is 0 Å². The summed E-state index contributed by atoms with van der Waals surface area (Å²) >= 11 is 0. The third kappa shape index (κ3) is 9.66. The van der Waals surface area contributed by atoms with Crippen molar-refractivity contribution < 1.29 is 14.3 Å². The minimum absolute atomic E-state index is 0.0215. The maximum Gasteiger partial charge on any atom is 0.258 e. The van der Waals surface area contributed by atoms with Gasteiger partial charge in [-0.1, -0.05) is 32.3 Å². The summed E-state index contributed by atoms with van der Waals surface area (Å²) in [5.74, 6) is 1.14. The molecule has 0 atom stereocenters. The number of amides is 1. The molecule has 1 aromatic rings. The molecule has 0 radical (unpaired) electrons. The molecule has 0 aliphatic heterocycles. The Hall–Kier alpha value is -1.75. The van der Waals surface area contributed by atoms with Crippen molar-refractivity contribution in [1.82, 2.24) is 10.6 Å². The quantitative estimate of drug-likeness (QED) is 0.549. The van der Waals surface area contributed by atoms with Crippen molar-refractivity contribution in [3.05, 3.63) is 23.8 Å². The fourth-order valence-corrected chi connectivity index (χ4v) is 2.56. The summed E-state index contributed by atoms with van der Waals surface area (Å²) in [7, 11) is 0. The number of nitrogens with one attached hydrogen (secondary N) is 2. The zero-order valence-electron chi connectivity index (χ0n) is 17.1. The van der Waals surface area contributed by atoms with Gasteiger partial charge in [0.2, 0.25) is 0 Å². The van der Waals surface area contributed by atoms with E-state index in [-0.39, 0.29) is 18.1 Å². The molecule has 0 unspecified atom stereocenters. The summed E-state index contributed by atoms with van der Waals surface area (Å²) in [5, 5.41) is 6.35. The number of hydrogen-bond donors (Lipinski definition) is 2. The summed E-state index contributed by atoms with van der Waals surface area (Å²) in [5.41, 5.74) is 0.881. The monoisotopic (exact) mass is 364 g/mol. The van der Waals surface area contributed by atoms with Crippen molar-refractivity contribution in [3.8, 4) is 11.5 Å². The topological polar surface area (TPSA) is 59.6 Å². The van der Waals surface area contributed by atoms with Crippen LogP contribution in [0.15, 0.2) is 18.2 Å². The Labute approximate surface area is 158 Å². The number of benzene rings is 1. The van der Waals surface area contributed by atoms with E-state index >= 15 is 0 Å². The molecule has 0 bridgehead atoms. The highest BCUT2D eigenvalue weighted by Crippen LogP contribution is 2.28. The third-order valence-corrected chi connectivity index (χ3v) is 3.72. The Bertz CT molecular complexity index is 539. The normalized spacial score (nSPS) is 11.3. The van der Waals surface area contributed by atoms with Gasteiger partial charge in [0.25, 0.3) is 5.91 Å². The van der Waals surface area contributed by atoms with Crippen LogP contribution in [0.5, 0.6) is 11.5 Å². The maximum atomic E-state index is 11.9. The highest BCUT2D eigenvalue weighted by Gasteiger charge is 2.15. The number of unbranched alkanes of at least 4 members (excludes halogenated alkanes) is 3. The molecule has 5 heteroatoms. The van der Waals surface area contributed by atoms with Crippen LogP contribution >= 0.6 is 0 Å². The van der Waals surface area contributed by atoms with E-state index in [2.05, 4.69) is 17.6 Å². The van der Waals surface area contributed by atoms with Gasteiger partial charge in [-0.25, -0.2) is 0 Å². The molecule has 0 fully saturated rings. The summed E-state index contributed by atoms with van der Waals surface area (Å²) in [4.78, 5) is 11.9. The van der Waals surface area contributed by atoms with E-state index in [9.17, 15) is 4.79 Å². The molecule has 26 heavy (non-hydrogen) atoms. The van der Waals surface area contributed by atoms with Gasteiger partial charge < -0.3 is 20.1 Å². The van der Waals surface area contributed by atoms with E-state index < -0.39 is 0 Å². The van der Waals surface area contributed by atoms with Crippen molar-refractivity contribution in [1.29, 1.82) is 0 Å². The molecule has 0 spiro atoms. The minimum atomic E-state index is -0.268. The average Bonchev–Trinajstić information content (AvgIpc) is 2.56. The third-order valence-electron chi connectivity index (χ3n) is 3.72. The second kappa shape index (κ2) is 11.8. The molecule has 0 aliphatic carbocycles. The molecular formula is C21H36N2O3. The molecule has 2 N–H and O–H groups in total. The second-order valence-corrected chi connectivity index (χ2v) is 7.54. The Kier molecular flexibility index (Phi) is 10.1. The lowest BCUT2D eigenvalue weighted by Gasteiger charge is -2.21. The van der Waals surface area contributed by atoms with Crippen LogP contribution in [0.25, 0.3) is 0 Å². The first-order chi connectivity index (χ1) is 12.4. The van der Waals surface area contributed by atoms with Crippen molar-refractivity contribution >= 4 is 5.91 Å². The predicted octanol–water partition coefficient (Wildman–Crippen LogP) is 4.05. The summed E-state index contributed by atoms with van der Waals surface area (Å²) < 4.78 is 11.4. The largest absolute Gasteiger partial charge is 0.490 e. The van der Waals surface area contributed by atoms with E-state index in [1.54, 1.807) is 0 Å². The second-order valence-electron chi connectivity index (χ2n) is 7.54. The molecule has 0 saturated heterocycles. The van der Waals surface area contributed by atoms with E-state index in [1.807, 2.05) is 45.9 Å². The Balaban J connectivity index is 2.55. The Morgan fingerprint density at radius 1 is 1.04 bits per heavy atom. The van der Waals surface area contributed by atoms with Gasteiger partial charge in [-0.05, 0) is 58.4 Å². The average molecular weight is 365 g/mol. The van der Waals surface area contributed by atoms with Crippen LogP contribution in [0, 0.1) is 0 Å². The van der Waals surface area contributed by atoms with Crippen LogP contribution in [0.2, 0.25) is 0 Å². The molecule has 0 aromatic heterocycles. The van der Waals surface area contributed by atoms with Gasteiger partial charge in [-0.3, -0.25) is 4.79 Å². The maximum absolute atomic E-state index is 11.9. The molecule has 0 heterocycles. The molecular weight excluding hydrogens is 328 g/mol. The van der Waals surface area contributed by atoms with Crippen LogP contribution in [0.4, 0.5) is 0 Å². The van der Waals surface area contributed by atoms with Gasteiger partial charge in [0.05, 0.1) is 6.61 Å². The van der Waals surface area contributed by atoms with E-state index in [4.69, 9.17) is 9.47 Å². The van der Waals surface area contributed by atoms with Crippen molar-refractivity contribution in [2.24, 2.45) is 0 Å². The molecule has 0 aliphatic rings. The van der Waals surface area contributed by atoms with Gasteiger partial charge in [0.15, 0.2) is 18.1 Å². The molecule has 1 amide bonds. The Morgan fingerprint density at radius 2 is 1.81 bits per heavy atom. The molecule has 0 saturated carbocycles. The van der Waals surface area contributed by atoms with Gasteiger partial charge in [-0.2, -0.15) is 0 Å². The summed E-state index contributed by atoms with van der Waals surface area (Å²) in [6.07, 6.45) is 5.03. The van der Waals surface area contributed by atoms with Crippen molar-refractivity contribution in [3.63, 3.8) is 0 Å². The number of ether oxygens (including phenoxy) is 2. The van der Waals surface area contributed by atoms with Crippen molar-refractivity contribution in [2.75, 3.05) is 19.8 Å². The smallest absolute Gasteiger partial charge is 0.258 e. The zero-order valence-corrected chi connectivity index (χ0v) is 17.1. The van der Waals surface area contributed by atoms with Crippen molar-refractivity contribution in [2.45, 2.75) is 72.4 Å². The number of hydrogen-bond acceptors (Lipinski definition) is 4. The first-order valence-corrected chi connectivity index (χ1v) is 9.76. The van der Waals surface area contributed by atoms with Gasteiger partial charge in [0.1, 0.15) is 0 Å². The lowest BCUT2D eigenvalue weighted by molar-refractivity contribution is -0.124. The molecule has 5 nitrogen and oxygen atoms in total. The van der Waals surface area contributed by atoms with Crippen LogP contribution < -0.4 is 20.1 Å². The van der Waals surface area contributed by atoms with Crippen LogP contribution in [-0.2, 0) is 11.3 Å². The molecule has 1 aromatic carbocycles. The first-order valence-electron chi connectivity index (χ1n) is 9.76. The fraction of sp³-hybridized carbons (Fsp3) is 0.667. The zero-order chi connectivity index (χ0) is 19.4. The van der Waals surface area contributed by atoms with E-state index in [0.29, 0.717) is 18.1 Å². The number of carbonyl (C=O) groups excluding carboxylic acids is 1. The SMILES string of the molecule is CCCCCCNCc1ccc(OCC(=O)NC(C)(C)C)c(OCC)c1. The lowest BCUT2D eigenvalue weighted by atomic mass is 10.1. The minimum Gasteiger partial charge on any atom is -0.490 e. The van der Waals surface area contributed by atoms with Crippen LogP contribution in [0.1, 0.15) is 65.9 Å². The highest BCUT2D eigenvalue weighted by atomic mass is 16.5. The lowest BCUT2D eigenvalue weighted by Crippen LogP contribution is -2.43. The number of rotatable bonds is 12. The first kappa shape index (κ1) is 22.3. The van der Waals surface area contributed by atoms with Gasteiger partial charge >= 0.3 is 0 Å². The molecule has 148 valence electrons. The fourth-order valence-electron chi connectivity index (χ4n) is 2.56. The van der Waals surface area contributed by atoms with Gasteiger partial charge in [-0.15, -0.1) is 0 Å². The molecule has 1 rings (SSSR count). The Morgan fingerprint density at radius 3 is 2.46 bits per heavy atom. The number of carbonyl (C=O) groups is 1. The summed E-state index contributed by atoms with van der Waals surface area (Å²) in [6, 6.07) is 5.88. The highest BCUT2D eigenvalue weighted by molar-refractivity contribution is 5.78. The van der Waals surface area contributed by atoms with E-state index in [0.717, 1.165) is 18.7 Å². The van der Waals surface area contributed by atoms with Gasteiger partial charge in [0, 0.05) is 12.1 Å². The van der Waals surface area contributed by atoms with Crippen LogP contribution in [-0.4, -0.2) is 31.2 Å². The van der Waals surface area contributed by atoms with E-state index in [1.165, 1.54) is 25.7 Å². The predicted molar refractivity (Wildman–Crippen MR) is 107 cm³/mol. The summed E-state index contributed by atoms with van der Waals surface area (Å²) in [6.45, 7) is 12.4. The standard InChI is InChI=1S/C21H36N2O3/c1-6-8-9-10-13-22-15-17-11-12-18(19(14-17)25-7-2)26-16-20(24)23-21(3,4)5/h11-12,14,22H,6-10,13,15-16H2,1-5H3,(H,23,24).